The molecule has 2 fully saturated rings. The van der Waals surface area contributed by atoms with E-state index in [0.717, 1.165) is 35.8 Å². The van der Waals surface area contributed by atoms with E-state index in [1.165, 1.54) is 47.4 Å². The van der Waals surface area contributed by atoms with E-state index in [9.17, 15) is 8.42 Å². The number of benzene rings is 1. The highest BCUT2D eigenvalue weighted by atomic mass is 32.3. The number of aryl methyl sites for hydroxylation is 1. The molecule has 0 atom stereocenters. The molecular weight excluding hydrogens is 434 g/mol. The fourth-order valence-corrected chi connectivity index (χ4v) is 8.10. The van der Waals surface area contributed by atoms with E-state index < -0.39 is 10.0 Å². The Morgan fingerprint density at radius 1 is 1.03 bits per heavy atom. The number of nitrogens with one attached hydrogen (secondary N) is 1. The van der Waals surface area contributed by atoms with Crippen LogP contribution in [0, 0.1) is 12.3 Å². The molecule has 2 aromatic rings. The van der Waals surface area contributed by atoms with E-state index in [1.807, 2.05) is 6.07 Å². The van der Waals surface area contributed by atoms with Crippen molar-refractivity contribution in [3.8, 4) is 0 Å². The Bertz CT molecular complexity index is 985. The van der Waals surface area contributed by atoms with Crippen molar-refractivity contribution >= 4 is 44.7 Å². The predicted octanol–water partition coefficient (Wildman–Crippen LogP) is 5.59. The molecule has 0 bridgehead atoms. The normalized spacial score (nSPS) is 19.9. The van der Waals surface area contributed by atoms with Crippen LogP contribution in [0.3, 0.4) is 0 Å². The molecule has 0 amide bonds. The number of rotatable bonds is 6. The maximum absolute atomic E-state index is 12.8. The Hall–Kier alpha value is -1.22. The van der Waals surface area contributed by atoms with Gasteiger partial charge >= 0.3 is 0 Å². The molecule has 1 aromatic carbocycles. The highest BCUT2D eigenvalue weighted by Crippen LogP contribution is 2.39. The molecule has 2 saturated heterocycles. The Balaban J connectivity index is 1.47. The number of hydrogen-bond donors (Lipinski definition) is 1. The summed E-state index contributed by atoms with van der Waals surface area (Å²) in [5, 5.41) is 0. The van der Waals surface area contributed by atoms with E-state index in [2.05, 4.69) is 48.6 Å². The first-order valence-corrected chi connectivity index (χ1v) is 13.7. The average molecular weight is 466 g/mol. The van der Waals surface area contributed by atoms with Crippen molar-refractivity contribution in [2.75, 3.05) is 35.8 Å². The van der Waals surface area contributed by atoms with Gasteiger partial charge in [-0.25, -0.2) is 8.42 Å². The van der Waals surface area contributed by atoms with Crippen LogP contribution in [0.2, 0.25) is 0 Å². The third-order valence-electron chi connectivity index (χ3n) is 6.15. The monoisotopic (exact) mass is 465 g/mol. The van der Waals surface area contributed by atoms with E-state index in [4.69, 9.17) is 0 Å². The Morgan fingerprint density at radius 2 is 1.73 bits per heavy atom. The van der Waals surface area contributed by atoms with Gasteiger partial charge in [-0.3, -0.25) is 0 Å². The van der Waals surface area contributed by atoms with Crippen molar-refractivity contribution in [1.82, 2.24) is 4.31 Å². The quantitative estimate of drug-likeness (QED) is 0.564. The standard InChI is InChI=1S/C22H31N3O2S3/c1-17-7-6-8-18(21(17)24-15-11-22(2,3)12-16-24)23-29-19-9-10-20(28-19)30(26,27)25-13-4-5-14-25/h6-10,23H,4-5,11-16H2,1-3H3. The van der Waals surface area contributed by atoms with Crippen LogP contribution < -0.4 is 9.62 Å². The van der Waals surface area contributed by atoms with Gasteiger partial charge in [0.25, 0.3) is 10.0 Å². The molecular formula is C22H31N3O2S3. The fourth-order valence-electron chi connectivity index (χ4n) is 4.15. The molecule has 0 aliphatic carbocycles. The molecule has 4 rings (SSSR count). The Labute approximate surface area is 189 Å². The summed E-state index contributed by atoms with van der Waals surface area (Å²) in [5.41, 5.74) is 4.04. The van der Waals surface area contributed by atoms with Crippen molar-refractivity contribution in [2.24, 2.45) is 5.41 Å². The number of anilines is 2. The molecule has 0 unspecified atom stereocenters. The summed E-state index contributed by atoms with van der Waals surface area (Å²) in [4.78, 5) is 2.49. The molecule has 3 heterocycles. The minimum absolute atomic E-state index is 0.412. The second-order valence-electron chi connectivity index (χ2n) is 9.01. The van der Waals surface area contributed by atoms with Crippen LogP contribution in [0.1, 0.15) is 45.1 Å². The third kappa shape index (κ3) is 4.66. The molecule has 0 radical (unpaired) electrons. The molecule has 8 heteroatoms. The number of piperidine rings is 1. The van der Waals surface area contributed by atoms with Crippen molar-refractivity contribution in [2.45, 2.75) is 54.9 Å². The maximum Gasteiger partial charge on any atom is 0.252 e. The molecule has 30 heavy (non-hydrogen) atoms. The van der Waals surface area contributed by atoms with Gasteiger partial charge in [-0.2, -0.15) is 4.31 Å². The van der Waals surface area contributed by atoms with Gasteiger partial charge in [-0.15, -0.1) is 11.3 Å². The lowest BCUT2D eigenvalue weighted by Gasteiger charge is -2.39. The van der Waals surface area contributed by atoms with Crippen molar-refractivity contribution in [3.05, 3.63) is 35.9 Å². The zero-order chi connectivity index (χ0) is 21.4. The summed E-state index contributed by atoms with van der Waals surface area (Å²) in [6, 6.07) is 10.0. The lowest BCUT2D eigenvalue weighted by molar-refractivity contribution is 0.280. The van der Waals surface area contributed by atoms with E-state index in [1.54, 1.807) is 10.4 Å². The second kappa shape index (κ2) is 8.73. The SMILES string of the molecule is Cc1cccc(NSc2ccc(S(=O)(=O)N3CCCC3)s2)c1N1CCC(C)(C)CC1. The highest BCUT2D eigenvalue weighted by molar-refractivity contribution is 8.02. The summed E-state index contributed by atoms with van der Waals surface area (Å²) in [5.74, 6) is 0. The van der Waals surface area contributed by atoms with Crippen molar-refractivity contribution in [1.29, 1.82) is 0 Å². The highest BCUT2D eigenvalue weighted by Gasteiger charge is 2.29. The van der Waals surface area contributed by atoms with Gasteiger partial charge in [0.2, 0.25) is 0 Å². The smallest absolute Gasteiger partial charge is 0.252 e. The summed E-state index contributed by atoms with van der Waals surface area (Å²) in [7, 11) is -3.34. The van der Waals surface area contributed by atoms with Gasteiger partial charge in [-0.05, 0) is 73.7 Å². The number of nitrogens with zero attached hydrogens (tertiary/aromatic N) is 2. The van der Waals surface area contributed by atoms with Crippen LogP contribution >= 0.6 is 23.3 Å². The molecule has 1 N–H and O–H groups in total. The number of para-hydroxylation sites is 1. The first-order chi connectivity index (χ1) is 14.3. The molecule has 0 saturated carbocycles. The Morgan fingerprint density at radius 3 is 2.43 bits per heavy atom. The predicted molar refractivity (Wildman–Crippen MR) is 128 cm³/mol. The van der Waals surface area contributed by atoms with Gasteiger partial charge in [0.1, 0.15) is 4.21 Å². The largest absolute Gasteiger partial charge is 0.370 e. The third-order valence-corrected chi connectivity index (χ3v) is 10.6. The van der Waals surface area contributed by atoms with Crippen LogP contribution in [-0.2, 0) is 10.0 Å². The summed E-state index contributed by atoms with van der Waals surface area (Å²) in [6.45, 7) is 10.3. The van der Waals surface area contributed by atoms with Crippen LogP contribution in [0.4, 0.5) is 11.4 Å². The summed E-state index contributed by atoms with van der Waals surface area (Å²) >= 11 is 2.85. The first kappa shape index (κ1) is 22.0. The summed E-state index contributed by atoms with van der Waals surface area (Å²) < 4.78 is 32.1. The van der Waals surface area contributed by atoms with Crippen molar-refractivity contribution in [3.63, 3.8) is 0 Å². The van der Waals surface area contributed by atoms with Gasteiger partial charge in [0.15, 0.2) is 0 Å². The molecule has 2 aliphatic heterocycles. The van der Waals surface area contributed by atoms with Gasteiger partial charge in [-0.1, -0.05) is 26.0 Å². The van der Waals surface area contributed by atoms with E-state index in [-0.39, 0.29) is 0 Å². The van der Waals surface area contributed by atoms with Crippen LogP contribution in [0.15, 0.2) is 38.8 Å². The minimum atomic E-state index is -3.34. The van der Waals surface area contributed by atoms with Crippen LogP contribution in [-0.4, -0.2) is 38.9 Å². The Kier molecular flexibility index (Phi) is 6.40. The van der Waals surface area contributed by atoms with E-state index in [0.29, 0.717) is 22.7 Å². The summed E-state index contributed by atoms with van der Waals surface area (Å²) in [6.07, 6.45) is 4.29. The molecule has 0 spiro atoms. The maximum atomic E-state index is 12.8. The fraction of sp³-hybridized carbons (Fsp3) is 0.545. The molecule has 164 valence electrons. The average Bonchev–Trinajstić information content (AvgIpc) is 3.40. The van der Waals surface area contributed by atoms with Gasteiger partial charge < -0.3 is 9.62 Å². The minimum Gasteiger partial charge on any atom is -0.370 e. The number of hydrogen-bond acceptors (Lipinski definition) is 6. The van der Waals surface area contributed by atoms with Crippen LogP contribution in [0.25, 0.3) is 0 Å². The topological polar surface area (TPSA) is 52.7 Å². The zero-order valence-corrected chi connectivity index (χ0v) is 20.4. The second-order valence-corrected chi connectivity index (χ2v) is 13.4. The zero-order valence-electron chi connectivity index (χ0n) is 18.0. The van der Waals surface area contributed by atoms with E-state index >= 15 is 0 Å². The van der Waals surface area contributed by atoms with Crippen molar-refractivity contribution < 1.29 is 8.42 Å². The van der Waals surface area contributed by atoms with Gasteiger partial charge in [0.05, 0.1) is 15.6 Å². The van der Waals surface area contributed by atoms with Crippen LogP contribution in [0.5, 0.6) is 0 Å². The lowest BCUT2D eigenvalue weighted by Crippen LogP contribution is -2.37. The number of sulfonamides is 1. The van der Waals surface area contributed by atoms with Gasteiger partial charge in [0, 0.05) is 26.2 Å². The number of thiophene rings is 1. The molecule has 2 aliphatic rings. The molecule has 1 aromatic heterocycles. The lowest BCUT2D eigenvalue weighted by atomic mass is 9.82. The molecule has 5 nitrogen and oxygen atoms in total. The first-order valence-electron chi connectivity index (χ1n) is 10.6.